The lowest BCUT2D eigenvalue weighted by Crippen LogP contribution is -2.46. The molecule has 1 N–H and O–H groups in total. The number of halogens is 6. The molecule has 5 rings (SSSR count). The zero-order valence-corrected chi connectivity index (χ0v) is 23.0. The first kappa shape index (κ1) is 31.0. The van der Waals surface area contributed by atoms with Crippen molar-refractivity contribution in [1.29, 1.82) is 0 Å². The van der Waals surface area contributed by atoms with E-state index >= 15 is 0 Å². The SMILES string of the molecule is O=C(CN(CC1CCCO1)C(=O)Nc1cc(C(F)(F)F)cc(C(F)(F)F)c1)N(Cc1ccc2c(c1)OCO2)Cc1ccco1. The molecule has 1 aromatic heterocycles. The van der Waals surface area contributed by atoms with Gasteiger partial charge in [-0.2, -0.15) is 26.3 Å². The predicted molar refractivity (Wildman–Crippen MR) is 142 cm³/mol. The van der Waals surface area contributed by atoms with E-state index in [1.807, 2.05) is 0 Å². The molecule has 1 saturated heterocycles. The summed E-state index contributed by atoms with van der Waals surface area (Å²) in [6.07, 6.45) is -8.02. The Morgan fingerprint density at radius 1 is 0.886 bits per heavy atom. The fourth-order valence-electron chi connectivity index (χ4n) is 4.83. The molecule has 2 aliphatic rings. The summed E-state index contributed by atoms with van der Waals surface area (Å²) >= 11 is 0. The summed E-state index contributed by atoms with van der Waals surface area (Å²) in [6, 6.07) is 8.13. The van der Waals surface area contributed by atoms with Crippen molar-refractivity contribution in [2.75, 3.05) is 31.8 Å². The fourth-order valence-corrected chi connectivity index (χ4v) is 4.83. The standard InChI is InChI=1S/C29H27F6N3O6/c30-28(31,32)19-10-20(29(33,34)35)12-21(11-19)36-27(40)38(15-23-4-2-8-42-23)16-26(39)37(14-22-3-1-7-41-22)13-18-5-6-24-25(9-18)44-17-43-24/h1,3,5-7,9-12,23H,2,4,8,13-17H2,(H,36,40). The van der Waals surface area contributed by atoms with Gasteiger partial charge in [-0.25, -0.2) is 4.79 Å². The minimum Gasteiger partial charge on any atom is -0.467 e. The van der Waals surface area contributed by atoms with E-state index in [1.54, 1.807) is 30.3 Å². The number of fused-ring (bicyclic) bond motifs is 1. The van der Waals surface area contributed by atoms with Crippen molar-refractivity contribution in [3.8, 4) is 11.5 Å². The number of nitrogens with one attached hydrogen (secondary N) is 1. The van der Waals surface area contributed by atoms with Crippen molar-refractivity contribution in [3.63, 3.8) is 0 Å². The molecule has 2 aliphatic heterocycles. The summed E-state index contributed by atoms with van der Waals surface area (Å²) in [5, 5.41) is 2.12. The number of amides is 3. The Morgan fingerprint density at radius 2 is 1.61 bits per heavy atom. The van der Waals surface area contributed by atoms with E-state index in [2.05, 4.69) is 5.32 Å². The Bertz CT molecular complexity index is 1440. The Labute approximate surface area is 247 Å². The number of rotatable bonds is 9. The van der Waals surface area contributed by atoms with Crippen LogP contribution in [0.4, 0.5) is 36.8 Å². The van der Waals surface area contributed by atoms with Gasteiger partial charge in [-0.15, -0.1) is 0 Å². The van der Waals surface area contributed by atoms with E-state index in [0.717, 1.165) is 4.90 Å². The lowest BCUT2D eigenvalue weighted by molar-refractivity contribution is -0.143. The van der Waals surface area contributed by atoms with Crippen molar-refractivity contribution < 1.29 is 54.6 Å². The number of ether oxygens (including phenoxy) is 3. The second kappa shape index (κ2) is 12.7. The largest absolute Gasteiger partial charge is 0.467 e. The highest BCUT2D eigenvalue weighted by Crippen LogP contribution is 2.38. The van der Waals surface area contributed by atoms with Crippen molar-refractivity contribution in [2.45, 2.75) is 44.4 Å². The van der Waals surface area contributed by atoms with Crippen molar-refractivity contribution in [2.24, 2.45) is 0 Å². The molecule has 44 heavy (non-hydrogen) atoms. The molecule has 3 aromatic rings. The summed E-state index contributed by atoms with van der Waals surface area (Å²) in [6.45, 7) is -0.140. The van der Waals surface area contributed by atoms with Crippen LogP contribution in [-0.2, 0) is 35.0 Å². The minimum atomic E-state index is -5.10. The van der Waals surface area contributed by atoms with E-state index in [1.165, 1.54) is 11.2 Å². The Balaban J connectivity index is 1.38. The fraction of sp³-hybridized carbons (Fsp3) is 0.379. The third-order valence-corrected chi connectivity index (χ3v) is 6.99. The van der Waals surface area contributed by atoms with Crippen LogP contribution in [0.1, 0.15) is 35.3 Å². The minimum absolute atomic E-state index is 0.0121. The number of alkyl halides is 6. The van der Waals surface area contributed by atoms with E-state index in [0.29, 0.717) is 54.4 Å². The zero-order valence-electron chi connectivity index (χ0n) is 23.0. The van der Waals surface area contributed by atoms with E-state index in [4.69, 9.17) is 18.6 Å². The van der Waals surface area contributed by atoms with E-state index < -0.39 is 53.8 Å². The van der Waals surface area contributed by atoms with Crippen LogP contribution in [0.15, 0.2) is 59.2 Å². The third-order valence-electron chi connectivity index (χ3n) is 6.99. The summed E-state index contributed by atoms with van der Waals surface area (Å²) < 4.78 is 102. The number of hydrogen-bond acceptors (Lipinski definition) is 6. The van der Waals surface area contributed by atoms with E-state index in [-0.39, 0.29) is 32.5 Å². The molecule has 0 spiro atoms. The molecule has 0 radical (unpaired) electrons. The average molecular weight is 628 g/mol. The van der Waals surface area contributed by atoms with Crippen LogP contribution in [0, 0.1) is 0 Å². The molecule has 15 heteroatoms. The topological polar surface area (TPSA) is 93.5 Å². The maximum atomic E-state index is 13.7. The molecule has 2 aromatic carbocycles. The molecule has 3 heterocycles. The van der Waals surface area contributed by atoms with Crippen LogP contribution >= 0.6 is 0 Å². The first-order chi connectivity index (χ1) is 20.8. The lowest BCUT2D eigenvalue weighted by atomic mass is 10.1. The first-order valence-electron chi connectivity index (χ1n) is 13.5. The van der Waals surface area contributed by atoms with Gasteiger partial charge in [0.05, 0.1) is 30.0 Å². The van der Waals surface area contributed by atoms with Gasteiger partial charge in [0.2, 0.25) is 12.7 Å². The van der Waals surface area contributed by atoms with Crippen LogP contribution in [0.25, 0.3) is 0 Å². The third kappa shape index (κ3) is 7.75. The monoisotopic (exact) mass is 627 g/mol. The maximum Gasteiger partial charge on any atom is 0.416 e. The van der Waals surface area contributed by atoms with Gasteiger partial charge in [0.25, 0.3) is 0 Å². The van der Waals surface area contributed by atoms with Crippen LogP contribution in [-0.4, -0.2) is 54.3 Å². The number of carbonyl (C=O) groups is 2. The highest BCUT2D eigenvalue weighted by molar-refractivity contribution is 5.92. The second-order valence-corrected chi connectivity index (χ2v) is 10.3. The second-order valence-electron chi connectivity index (χ2n) is 10.3. The molecule has 1 atom stereocenters. The lowest BCUT2D eigenvalue weighted by Gasteiger charge is -2.29. The zero-order chi connectivity index (χ0) is 31.5. The molecule has 0 bridgehead atoms. The van der Waals surface area contributed by atoms with Gasteiger partial charge in [0.15, 0.2) is 11.5 Å². The average Bonchev–Trinajstić information content (AvgIpc) is 3.74. The van der Waals surface area contributed by atoms with Gasteiger partial charge < -0.3 is 33.7 Å². The van der Waals surface area contributed by atoms with Crippen LogP contribution < -0.4 is 14.8 Å². The number of urea groups is 1. The number of anilines is 1. The number of carbonyl (C=O) groups excluding carboxylic acids is 2. The highest BCUT2D eigenvalue weighted by atomic mass is 19.4. The van der Waals surface area contributed by atoms with Gasteiger partial charge in [0.1, 0.15) is 12.3 Å². The number of nitrogens with zero attached hydrogens (tertiary/aromatic N) is 2. The first-order valence-corrected chi connectivity index (χ1v) is 13.5. The van der Waals surface area contributed by atoms with Gasteiger partial charge in [-0.3, -0.25) is 4.79 Å². The summed E-state index contributed by atoms with van der Waals surface area (Å²) in [7, 11) is 0. The normalized spacial score (nSPS) is 16.2. The van der Waals surface area contributed by atoms with Crippen molar-refractivity contribution in [3.05, 3.63) is 77.2 Å². The molecular formula is C29H27F6N3O6. The molecular weight excluding hydrogens is 600 g/mol. The predicted octanol–water partition coefficient (Wildman–Crippen LogP) is 6.29. The molecule has 3 amide bonds. The molecule has 0 saturated carbocycles. The summed E-state index contributed by atoms with van der Waals surface area (Å²) in [4.78, 5) is 29.5. The van der Waals surface area contributed by atoms with Crippen LogP contribution in [0.5, 0.6) is 11.5 Å². The summed E-state index contributed by atoms with van der Waals surface area (Å²) in [5.41, 5.74) is -3.22. The Kier molecular flexibility index (Phi) is 8.95. The smallest absolute Gasteiger partial charge is 0.416 e. The highest BCUT2D eigenvalue weighted by Gasteiger charge is 2.37. The number of benzene rings is 2. The maximum absolute atomic E-state index is 13.7. The molecule has 9 nitrogen and oxygen atoms in total. The molecule has 236 valence electrons. The van der Waals surface area contributed by atoms with Crippen molar-refractivity contribution >= 4 is 17.6 Å². The van der Waals surface area contributed by atoms with Crippen LogP contribution in [0.3, 0.4) is 0 Å². The molecule has 1 unspecified atom stereocenters. The van der Waals surface area contributed by atoms with Gasteiger partial charge in [-0.1, -0.05) is 6.07 Å². The quantitative estimate of drug-likeness (QED) is 0.281. The Morgan fingerprint density at radius 3 is 2.25 bits per heavy atom. The van der Waals surface area contributed by atoms with E-state index in [9.17, 15) is 35.9 Å². The van der Waals surface area contributed by atoms with Gasteiger partial charge in [0, 0.05) is 25.4 Å². The number of hydrogen-bond donors (Lipinski definition) is 1. The van der Waals surface area contributed by atoms with Gasteiger partial charge >= 0.3 is 18.4 Å². The molecule has 1 fully saturated rings. The Hall–Kier alpha value is -4.40. The number of furan rings is 1. The van der Waals surface area contributed by atoms with Gasteiger partial charge in [-0.05, 0) is 60.9 Å². The molecule has 0 aliphatic carbocycles. The van der Waals surface area contributed by atoms with Crippen molar-refractivity contribution in [1.82, 2.24) is 9.80 Å². The summed E-state index contributed by atoms with van der Waals surface area (Å²) in [5.74, 6) is 0.914. The van der Waals surface area contributed by atoms with Crippen LogP contribution in [0.2, 0.25) is 0 Å².